The highest BCUT2D eigenvalue weighted by Crippen LogP contribution is 2.55. The number of pyridine rings is 2. The fraction of sp³-hybridized carbons (Fsp3) is 0.516. The number of nitrogens with one attached hydrogen (secondary N) is 3. The van der Waals surface area contributed by atoms with Gasteiger partial charge in [-0.3, -0.25) is 19.8 Å². The number of aliphatic hydroxyl groups is 1. The number of aromatic nitrogens is 3. The van der Waals surface area contributed by atoms with Gasteiger partial charge in [0.15, 0.2) is 11.6 Å². The number of aromatic amines is 1. The van der Waals surface area contributed by atoms with Crippen molar-refractivity contribution in [1.82, 2.24) is 24.6 Å². The smallest absolute Gasteiger partial charge is 0.293 e. The molecule has 20 nitrogen and oxygen atoms in total. The Bertz CT molecular complexity index is 3570. The van der Waals surface area contributed by atoms with E-state index in [0.29, 0.717) is 93.1 Å². The van der Waals surface area contributed by atoms with Crippen LogP contribution in [0.5, 0.6) is 11.6 Å². The number of ether oxygens (including phenoxy) is 4. The summed E-state index contributed by atoms with van der Waals surface area (Å²) in [7, 11) is -2.91. The number of nitrogens with zero attached hydrogens (tertiary/aromatic N) is 7. The summed E-state index contributed by atoms with van der Waals surface area (Å²) in [4.78, 5) is 48.8. The number of piperidine rings is 2. The number of anilines is 5. The summed E-state index contributed by atoms with van der Waals surface area (Å²) >= 11 is 0. The number of sulfonamides is 1. The lowest BCUT2D eigenvalue weighted by Gasteiger charge is -2.58. The van der Waals surface area contributed by atoms with E-state index in [1.165, 1.54) is 28.8 Å². The number of likely N-dealkylation sites (tertiary alicyclic amines) is 1. The quantitative estimate of drug-likeness (QED) is 0.0554. The fourth-order valence-electron chi connectivity index (χ4n) is 14.9. The largest absolute Gasteiger partial charge is 0.493 e. The summed E-state index contributed by atoms with van der Waals surface area (Å²) in [5.74, 6) is 1.89. The van der Waals surface area contributed by atoms with Crippen molar-refractivity contribution >= 4 is 61.2 Å². The molecule has 4 saturated heterocycles. The number of methoxy groups -OCH3 is 1. The van der Waals surface area contributed by atoms with Crippen LogP contribution in [0.25, 0.3) is 11.0 Å². The second-order valence-electron chi connectivity index (χ2n) is 25.3. The highest BCUT2D eigenvalue weighted by Gasteiger charge is 2.50. The average Bonchev–Trinajstić information content (AvgIpc) is 1.90. The molecule has 5 aliphatic heterocycles. The standard InChI is InChI=1S/C64H78N10O10S/c1-41-6-4-5-7-49(41)53-31-43(30-44-32-57(81-3)60(67-39-44)71-25-28-82-29-26-71)15-22-72(53)47-36-64(37-47)19-23-70(24-20-64)46-8-10-50(54(34-46)73-52-16-27-83-40-58(52)84-62-56(73)33-45-14-21-65-59(45)68-62)61(75)69-85(79,80)48-9-11-51(55(35-48)74(77)78)66-38-42-12-17-63(2,76)18-13-42/h4-11,14,21,32-35,39,42-43,47,52-53,58,66,76H,12-13,15-20,22-31,36-38,40H2,1-3H3,(H,65,68)(H,69,75)/t42?,43-,52+,53+,58+,63?/m1/s1. The Balaban J connectivity index is 0.736. The number of rotatable bonds is 15. The zero-order valence-corrected chi connectivity index (χ0v) is 49.7. The molecule has 2 saturated carbocycles. The van der Waals surface area contributed by atoms with Gasteiger partial charge in [0.1, 0.15) is 23.1 Å². The van der Waals surface area contributed by atoms with Crippen LogP contribution < -0.4 is 34.2 Å². The highest BCUT2D eigenvalue weighted by molar-refractivity contribution is 7.90. The molecule has 1 spiro atoms. The SMILES string of the molecule is COc1cc(C[C@H]2CCN(C3CC4(CCN(c5ccc(C(=O)NS(=O)(=O)c6ccc(NCC7CCC(C)(O)CC7)c([N+](=O)[O-])c6)c(N6c7cc8cc[nH]c8nc7O[C@H]7COCC[C@@H]76)c5)CC4)C3)[C@H](c3ccccc3C)C2)cnc1N1CCOCC1. The van der Waals surface area contributed by atoms with Crippen LogP contribution in [0.15, 0.2) is 96.2 Å². The minimum absolute atomic E-state index is 0.110. The Hall–Kier alpha value is -7.04. The monoisotopic (exact) mass is 1180 g/mol. The van der Waals surface area contributed by atoms with E-state index < -0.39 is 43.1 Å². The van der Waals surface area contributed by atoms with Crippen LogP contribution >= 0.6 is 0 Å². The number of nitro groups is 1. The van der Waals surface area contributed by atoms with Crippen molar-refractivity contribution in [3.05, 3.63) is 124 Å². The molecule has 3 aromatic carbocycles. The second kappa shape index (κ2) is 23.3. The maximum absolute atomic E-state index is 14.9. The Morgan fingerprint density at radius 2 is 1.69 bits per heavy atom. The fourth-order valence-corrected chi connectivity index (χ4v) is 15.9. The van der Waals surface area contributed by atoms with Crippen molar-refractivity contribution in [3.63, 3.8) is 0 Å². The molecular formula is C64H78N10O10S. The zero-order chi connectivity index (χ0) is 58.6. The molecule has 8 heterocycles. The van der Waals surface area contributed by atoms with Crippen LogP contribution in [-0.4, -0.2) is 141 Å². The van der Waals surface area contributed by atoms with Crippen molar-refractivity contribution in [2.45, 2.75) is 126 Å². The molecular weight excluding hydrogens is 1100 g/mol. The first kappa shape index (κ1) is 57.1. The first-order valence-corrected chi connectivity index (χ1v) is 32.0. The third-order valence-electron chi connectivity index (χ3n) is 19.8. The topological polar surface area (TPSA) is 230 Å². The van der Waals surface area contributed by atoms with Gasteiger partial charge in [-0.1, -0.05) is 24.3 Å². The van der Waals surface area contributed by atoms with Crippen molar-refractivity contribution in [2.24, 2.45) is 17.3 Å². The van der Waals surface area contributed by atoms with E-state index in [0.717, 1.165) is 119 Å². The van der Waals surface area contributed by atoms with Gasteiger partial charge in [-0.25, -0.2) is 18.1 Å². The van der Waals surface area contributed by atoms with Gasteiger partial charge in [0, 0.05) is 80.9 Å². The summed E-state index contributed by atoms with van der Waals surface area (Å²) in [5.41, 5.74) is 6.00. The van der Waals surface area contributed by atoms with Crippen LogP contribution in [0.4, 0.5) is 34.3 Å². The Kier molecular flexibility index (Phi) is 15.7. The molecule has 2 aliphatic carbocycles. The molecule has 0 unspecified atom stereocenters. The number of carbonyl (C=O) groups excluding carboxylic acids is 1. The molecule has 3 aromatic heterocycles. The summed E-state index contributed by atoms with van der Waals surface area (Å²) in [6.45, 7) is 10.9. The third kappa shape index (κ3) is 11.6. The minimum atomic E-state index is -4.64. The maximum Gasteiger partial charge on any atom is 0.293 e. The molecule has 0 bridgehead atoms. The number of benzene rings is 3. The van der Waals surface area contributed by atoms with Gasteiger partial charge in [-0.15, -0.1) is 0 Å². The number of morpholine rings is 1. The van der Waals surface area contributed by atoms with Crippen molar-refractivity contribution < 1.29 is 42.2 Å². The number of aryl methyl sites for hydroxylation is 1. The van der Waals surface area contributed by atoms with Gasteiger partial charge in [-0.05, 0) is 180 Å². The first-order valence-electron chi connectivity index (χ1n) is 30.5. The molecule has 7 aliphatic rings. The summed E-state index contributed by atoms with van der Waals surface area (Å²) < 4.78 is 54.9. The van der Waals surface area contributed by atoms with E-state index in [1.807, 2.05) is 37.4 Å². The normalized spacial score (nSPS) is 25.4. The third-order valence-corrected chi connectivity index (χ3v) is 21.1. The van der Waals surface area contributed by atoms with E-state index in [9.17, 15) is 28.4 Å². The van der Waals surface area contributed by atoms with E-state index >= 15 is 0 Å². The number of H-pyrrole nitrogens is 1. The van der Waals surface area contributed by atoms with Crippen LogP contribution in [0.3, 0.4) is 0 Å². The van der Waals surface area contributed by atoms with E-state index in [4.69, 9.17) is 28.9 Å². The van der Waals surface area contributed by atoms with E-state index in [-0.39, 0.29) is 28.6 Å². The molecule has 4 N–H and O–H groups in total. The lowest BCUT2D eigenvalue weighted by molar-refractivity contribution is -0.384. The molecule has 450 valence electrons. The Morgan fingerprint density at radius 3 is 2.47 bits per heavy atom. The van der Waals surface area contributed by atoms with Crippen LogP contribution in [0.1, 0.15) is 111 Å². The number of hydrogen-bond donors (Lipinski definition) is 4. The van der Waals surface area contributed by atoms with Crippen molar-refractivity contribution in [2.75, 3.05) is 92.8 Å². The molecule has 21 heteroatoms. The maximum atomic E-state index is 14.9. The minimum Gasteiger partial charge on any atom is -0.493 e. The highest BCUT2D eigenvalue weighted by atomic mass is 32.2. The second-order valence-corrected chi connectivity index (χ2v) is 27.0. The lowest BCUT2D eigenvalue weighted by atomic mass is 9.59. The molecule has 4 atom stereocenters. The number of carbonyl (C=O) groups is 1. The first-order chi connectivity index (χ1) is 41.1. The van der Waals surface area contributed by atoms with Crippen LogP contribution in [0.2, 0.25) is 0 Å². The van der Waals surface area contributed by atoms with Crippen LogP contribution in [0, 0.1) is 34.3 Å². The van der Waals surface area contributed by atoms with Gasteiger partial charge in [0.05, 0.1) is 59.6 Å². The molecule has 0 radical (unpaired) electrons. The van der Waals surface area contributed by atoms with Gasteiger partial charge in [-0.2, -0.15) is 4.98 Å². The molecule has 13 rings (SSSR count). The Labute approximate surface area is 496 Å². The summed E-state index contributed by atoms with van der Waals surface area (Å²) in [5, 5.41) is 26.9. The number of fused-ring (bicyclic) bond motifs is 3. The molecule has 1 amide bonds. The zero-order valence-electron chi connectivity index (χ0n) is 48.8. The molecule has 6 aromatic rings. The van der Waals surface area contributed by atoms with Gasteiger partial charge in [0.25, 0.3) is 21.6 Å². The van der Waals surface area contributed by atoms with Gasteiger partial charge < -0.3 is 49.1 Å². The Morgan fingerprint density at radius 1 is 0.894 bits per heavy atom. The van der Waals surface area contributed by atoms with Gasteiger partial charge in [0.2, 0.25) is 5.88 Å². The number of nitro benzene ring substituents is 1. The lowest BCUT2D eigenvalue weighted by Crippen LogP contribution is -2.57. The average molecular weight is 1180 g/mol. The predicted octanol–water partition coefficient (Wildman–Crippen LogP) is 9.62. The van der Waals surface area contributed by atoms with Crippen LogP contribution in [-0.2, 0) is 25.9 Å². The van der Waals surface area contributed by atoms with Gasteiger partial charge >= 0.3 is 0 Å². The van der Waals surface area contributed by atoms with Crippen molar-refractivity contribution in [3.8, 4) is 11.6 Å². The summed E-state index contributed by atoms with van der Waals surface area (Å²) in [6, 6.07) is 24.8. The van der Waals surface area contributed by atoms with E-state index in [2.05, 4.69) is 78.1 Å². The summed E-state index contributed by atoms with van der Waals surface area (Å²) in [6.07, 6.45) is 14.2. The number of amides is 1. The molecule has 85 heavy (non-hydrogen) atoms. The van der Waals surface area contributed by atoms with Crippen molar-refractivity contribution in [1.29, 1.82) is 0 Å². The molecule has 6 fully saturated rings. The van der Waals surface area contributed by atoms with E-state index in [1.54, 1.807) is 13.2 Å². The predicted molar refractivity (Wildman–Crippen MR) is 325 cm³/mol. The number of hydrogen-bond acceptors (Lipinski definition) is 17.